The van der Waals surface area contributed by atoms with Gasteiger partial charge in [-0.15, -0.1) is 0 Å². The number of benzene rings is 1. The minimum absolute atomic E-state index is 0.0661. The van der Waals surface area contributed by atoms with Gasteiger partial charge in [0.05, 0.1) is 22.6 Å². The Morgan fingerprint density at radius 2 is 2.07 bits per heavy atom. The van der Waals surface area contributed by atoms with Crippen molar-refractivity contribution in [2.24, 2.45) is 11.7 Å². The van der Waals surface area contributed by atoms with Gasteiger partial charge in [0.2, 0.25) is 11.8 Å². The van der Waals surface area contributed by atoms with Crippen molar-refractivity contribution in [2.45, 2.75) is 37.9 Å². The standard InChI is InChI=1S/C19H24N4O3S/c1-12(2)23-18(26)14-7-3-4-8-15(14)21-19(23)27-11-16(24)22-9-5-6-13(10-22)17(20)25/h3-4,7-8,12-13H,5-6,9-11H2,1-2H3,(H2,20,25). The van der Waals surface area contributed by atoms with E-state index in [1.807, 2.05) is 26.0 Å². The van der Waals surface area contributed by atoms with Gasteiger partial charge in [-0.05, 0) is 38.8 Å². The zero-order chi connectivity index (χ0) is 19.6. The average Bonchev–Trinajstić information content (AvgIpc) is 2.66. The van der Waals surface area contributed by atoms with Crippen molar-refractivity contribution >= 4 is 34.5 Å². The molecule has 0 bridgehead atoms. The molecule has 0 saturated carbocycles. The molecule has 7 nitrogen and oxygen atoms in total. The highest BCUT2D eigenvalue weighted by Gasteiger charge is 2.27. The van der Waals surface area contributed by atoms with Gasteiger partial charge < -0.3 is 10.6 Å². The molecule has 144 valence electrons. The van der Waals surface area contributed by atoms with Crippen LogP contribution in [0.15, 0.2) is 34.2 Å². The summed E-state index contributed by atoms with van der Waals surface area (Å²) in [6, 6.07) is 7.15. The normalized spacial score (nSPS) is 17.4. The highest BCUT2D eigenvalue weighted by molar-refractivity contribution is 7.99. The molecule has 2 N–H and O–H groups in total. The molecule has 1 atom stereocenters. The lowest BCUT2D eigenvalue weighted by Crippen LogP contribution is -2.44. The number of hydrogen-bond acceptors (Lipinski definition) is 5. The first kappa shape index (κ1) is 19.4. The number of nitrogens with zero attached hydrogens (tertiary/aromatic N) is 3. The van der Waals surface area contributed by atoms with Crippen LogP contribution < -0.4 is 11.3 Å². The van der Waals surface area contributed by atoms with Gasteiger partial charge >= 0.3 is 0 Å². The van der Waals surface area contributed by atoms with E-state index in [1.54, 1.807) is 21.6 Å². The maximum Gasteiger partial charge on any atom is 0.262 e. The number of amides is 2. The molecule has 1 aliphatic heterocycles. The van der Waals surface area contributed by atoms with E-state index >= 15 is 0 Å². The molecule has 1 aliphatic rings. The number of primary amides is 1. The summed E-state index contributed by atoms with van der Waals surface area (Å²) in [5.74, 6) is -0.530. The molecule has 1 saturated heterocycles. The maximum absolute atomic E-state index is 12.8. The van der Waals surface area contributed by atoms with Crippen LogP contribution in [0.4, 0.5) is 0 Å². The van der Waals surface area contributed by atoms with Gasteiger partial charge in [-0.1, -0.05) is 23.9 Å². The zero-order valence-electron chi connectivity index (χ0n) is 15.6. The fourth-order valence-corrected chi connectivity index (χ4v) is 4.37. The Labute approximate surface area is 161 Å². The van der Waals surface area contributed by atoms with E-state index in [0.717, 1.165) is 12.8 Å². The van der Waals surface area contributed by atoms with Crippen LogP contribution in [0, 0.1) is 5.92 Å². The van der Waals surface area contributed by atoms with Crippen molar-refractivity contribution in [1.29, 1.82) is 0 Å². The smallest absolute Gasteiger partial charge is 0.262 e. The molecule has 0 radical (unpaired) electrons. The van der Waals surface area contributed by atoms with Crippen LogP contribution in [0.25, 0.3) is 10.9 Å². The average molecular weight is 388 g/mol. The minimum atomic E-state index is -0.356. The molecule has 27 heavy (non-hydrogen) atoms. The predicted molar refractivity (Wildman–Crippen MR) is 106 cm³/mol. The third-order valence-electron chi connectivity index (χ3n) is 4.79. The first-order valence-electron chi connectivity index (χ1n) is 9.09. The van der Waals surface area contributed by atoms with E-state index in [9.17, 15) is 14.4 Å². The second-order valence-corrected chi connectivity index (χ2v) is 7.99. The summed E-state index contributed by atoms with van der Waals surface area (Å²) in [6.45, 7) is 4.85. The van der Waals surface area contributed by atoms with Gasteiger partial charge in [0.25, 0.3) is 5.56 Å². The fraction of sp³-hybridized carbons (Fsp3) is 0.474. The maximum atomic E-state index is 12.8. The summed E-state index contributed by atoms with van der Waals surface area (Å²) >= 11 is 1.26. The lowest BCUT2D eigenvalue weighted by molar-refractivity contribution is -0.132. The van der Waals surface area contributed by atoms with Gasteiger partial charge in [-0.3, -0.25) is 19.0 Å². The molecular formula is C19H24N4O3S. The minimum Gasteiger partial charge on any atom is -0.369 e. The summed E-state index contributed by atoms with van der Waals surface area (Å²) in [4.78, 5) is 43.1. The van der Waals surface area contributed by atoms with Crippen LogP contribution >= 0.6 is 11.8 Å². The van der Waals surface area contributed by atoms with Gasteiger partial charge in [-0.25, -0.2) is 4.98 Å². The Kier molecular flexibility index (Phi) is 5.84. The van der Waals surface area contributed by atoms with Gasteiger partial charge in [0.15, 0.2) is 5.16 Å². The van der Waals surface area contributed by atoms with Gasteiger partial charge in [0.1, 0.15) is 0 Å². The van der Waals surface area contributed by atoms with E-state index in [-0.39, 0.29) is 35.1 Å². The van der Waals surface area contributed by atoms with Gasteiger partial charge in [-0.2, -0.15) is 0 Å². The molecule has 2 heterocycles. The molecule has 0 spiro atoms. The molecule has 1 aromatic heterocycles. The number of piperidine rings is 1. The second kappa shape index (κ2) is 8.12. The second-order valence-electron chi connectivity index (χ2n) is 7.05. The van der Waals surface area contributed by atoms with E-state index in [0.29, 0.717) is 29.1 Å². The third-order valence-corrected chi connectivity index (χ3v) is 5.73. The molecule has 2 aromatic rings. The summed E-state index contributed by atoms with van der Waals surface area (Å²) < 4.78 is 1.63. The summed E-state index contributed by atoms with van der Waals surface area (Å²) in [6.07, 6.45) is 1.50. The predicted octanol–water partition coefficient (Wildman–Crippen LogP) is 1.79. The molecule has 1 unspecified atom stereocenters. The molecular weight excluding hydrogens is 364 g/mol. The number of carbonyl (C=O) groups excluding carboxylic acids is 2. The van der Waals surface area contributed by atoms with Gasteiger partial charge in [0, 0.05) is 19.1 Å². The molecule has 8 heteroatoms. The highest BCUT2D eigenvalue weighted by Crippen LogP contribution is 2.23. The van der Waals surface area contributed by atoms with Crippen LogP contribution in [0.1, 0.15) is 32.7 Å². The quantitative estimate of drug-likeness (QED) is 0.622. The number of aromatic nitrogens is 2. The first-order chi connectivity index (χ1) is 12.9. The van der Waals surface area contributed by atoms with E-state index < -0.39 is 0 Å². The number of hydrogen-bond donors (Lipinski definition) is 1. The molecule has 2 amide bonds. The number of thioether (sulfide) groups is 1. The Morgan fingerprint density at radius 3 is 2.78 bits per heavy atom. The summed E-state index contributed by atoms with van der Waals surface area (Å²) in [5.41, 5.74) is 5.91. The SMILES string of the molecule is CC(C)n1c(SCC(=O)N2CCCC(C(N)=O)C2)nc2ccccc2c1=O. The van der Waals surface area contributed by atoms with Crippen molar-refractivity contribution in [1.82, 2.24) is 14.5 Å². The topological polar surface area (TPSA) is 98.3 Å². The Bertz CT molecular complexity index is 925. The summed E-state index contributed by atoms with van der Waals surface area (Å²) in [7, 11) is 0. The number of likely N-dealkylation sites (tertiary alicyclic amines) is 1. The summed E-state index contributed by atoms with van der Waals surface area (Å²) in [5, 5.41) is 1.10. The largest absolute Gasteiger partial charge is 0.369 e. The Balaban J connectivity index is 1.80. The number of para-hydroxylation sites is 1. The van der Waals surface area contributed by atoms with E-state index in [2.05, 4.69) is 4.98 Å². The number of rotatable bonds is 5. The molecule has 0 aliphatic carbocycles. The molecule has 1 fully saturated rings. The van der Waals surface area contributed by atoms with E-state index in [4.69, 9.17) is 5.73 Å². The number of carbonyl (C=O) groups is 2. The van der Waals surface area contributed by atoms with Crippen LogP contribution in [0.2, 0.25) is 0 Å². The van der Waals surface area contributed by atoms with Crippen molar-refractivity contribution in [3.8, 4) is 0 Å². The van der Waals surface area contributed by atoms with Crippen LogP contribution in [-0.2, 0) is 9.59 Å². The lowest BCUT2D eigenvalue weighted by Gasteiger charge is -2.31. The fourth-order valence-electron chi connectivity index (χ4n) is 3.34. The Morgan fingerprint density at radius 1 is 1.33 bits per heavy atom. The van der Waals surface area contributed by atoms with Crippen molar-refractivity contribution in [3.05, 3.63) is 34.6 Å². The lowest BCUT2D eigenvalue weighted by atomic mass is 9.97. The number of fused-ring (bicyclic) bond motifs is 1. The Hall–Kier alpha value is -2.35. The van der Waals surface area contributed by atoms with E-state index in [1.165, 1.54) is 11.8 Å². The van der Waals surface area contributed by atoms with Crippen LogP contribution in [0.5, 0.6) is 0 Å². The van der Waals surface area contributed by atoms with Crippen molar-refractivity contribution in [3.63, 3.8) is 0 Å². The third kappa shape index (κ3) is 4.16. The van der Waals surface area contributed by atoms with Crippen LogP contribution in [0.3, 0.4) is 0 Å². The highest BCUT2D eigenvalue weighted by atomic mass is 32.2. The molecule has 1 aromatic carbocycles. The molecule has 3 rings (SSSR count). The van der Waals surface area contributed by atoms with Crippen molar-refractivity contribution < 1.29 is 9.59 Å². The number of nitrogens with two attached hydrogens (primary N) is 1. The monoisotopic (exact) mass is 388 g/mol. The first-order valence-corrected chi connectivity index (χ1v) is 10.1. The zero-order valence-corrected chi connectivity index (χ0v) is 16.4. The van der Waals surface area contributed by atoms with Crippen LogP contribution in [-0.4, -0.2) is 45.1 Å². The van der Waals surface area contributed by atoms with Crippen molar-refractivity contribution in [2.75, 3.05) is 18.8 Å².